The van der Waals surface area contributed by atoms with Crippen LogP contribution in [0, 0.1) is 0 Å². The Labute approximate surface area is 180 Å². The second-order valence-electron chi connectivity index (χ2n) is 6.82. The Hall–Kier alpha value is -2.52. The molecule has 0 aromatic heterocycles. The molecule has 2 aromatic rings. The summed E-state index contributed by atoms with van der Waals surface area (Å²) in [5.74, 6) is -0.149. The summed E-state index contributed by atoms with van der Waals surface area (Å²) in [7, 11) is -2.12. The maximum Gasteiger partial charge on any atom is 0.237 e. The third kappa shape index (κ3) is 5.14. The molecule has 160 valence electrons. The van der Waals surface area contributed by atoms with Crippen LogP contribution in [-0.2, 0) is 26.0 Å². The lowest BCUT2D eigenvalue weighted by Crippen LogP contribution is -2.28. The van der Waals surface area contributed by atoms with Crippen molar-refractivity contribution < 1.29 is 22.7 Å². The van der Waals surface area contributed by atoms with Crippen LogP contribution >= 0.6 is 11.8 Å². The zero-order valence-electron chi connectivity index (χ0n) is 16.8. The van der Waals surface area contributed by atoms with Crippen molar-refractivity contribution in [3.8, 4) is 5.75 Å². The molecule has 2 amide bonds. The molecule has 9 heteroatoms. The third-order valence-corrected chi connectivity index (χ3v) is 7.92. The van der Waals surface area contributed by atoms with Gasteiger partial charge in [-0.1, -0.05) is 25.1 Å². The maximum atomic E-state index is 12.7. The molecule has 0 spiro atoms. The number of rotatable bonds is 8. The van der Waals surface area contributed by atoms with E-state index in [1.54, 1.807) is 19.2 Å². The van der Waals surface area contributed by atoms with Gasteiger partial charge in [0.1, 0.15) is 5.75 Å². The molecule has 0 unspecified atom stereocenters. The van der Waals surface area contributed by atoms with Crippen molar-refractivity contribution in [2.24, 2.45) is 0 Å². The van der Waals surface area contributed by atoms with Crippen LogP contribution in [0.1, 0.15) is 25.3 Å². The van der Waals surface area contributed by atoms with Gasteiger partial charge in [0.25, 0.3) is 0 Å². The largest absolute Gasteiger partial charge is 0.496 e. The molecule has 0 aliphatic carbocycles. The Kier molecular flexibility index (Phi) is 7.04. The fourth-order valence-corrected chi connectivity index (χ4v) is 5.35. The number of nitrogens with one attached hydrogen (secondary N) is 2. The van der Waals surface area contributed by atoms with Crippen molar-refractivity contribution in [2.75, 3.05) is 18.2 Å². The smallest absolute Gasteiger partial charge is 0.237 e. The number of methoxy groups -OCH3 is 1. The van der Waals surface area contributed by atoms with Gasteiger partial charge in [-0.2, -0.15) is 0 Å². The van der Waals surface area contributed by atoms with Gasteiger partial charge in [-0.05, 0) is 30.7 Å². The van der Waals surface area contributed by atoms with Crippen LogP contribution in [0.2, 0.25) is 0 Å². The SMILES string of the molecule is CC[C@@H]1Sc2ccc(S(=O)(=O)CCC(=O)NCc3ccccc3OC)cc2NC1=O. The Morgan fingerprint density at radius 3 is 2.73 bits per heavy atom. The highest BCUT2D eigenvalue weighted by Gasteiger charge is 2.27. The average molecular weight is 449 g/mol. The number of anilines is 1. The van der Waals surface area contributed by atoms with E-state index in [0.717, 1.165) is 10.5 Å². The minimum atomic E-state index is -3.67. The highest BCUT2D eigenvalue weighted by atomic mass is 32.2. The van der Waals surface area contributed by atoms with Crippen LogP contribution in [0.5, 0.6) is 5.75 Å². The van der Waals surface area contributed by atoms with Gasteiger partial charge in [0.05, 0.1) is 28.7 Å². The summed E-state index contributed by atoms with van der Waals surface area (Å²) < 4.78 is 30.6. The van der Waals surface area contributed by atoms with Crippen LogP contribution in [0.25, 0.3) is 0 Å². The van der Waals surface area contributed by atoms with Crippen molar-refractivity contribution in [1.29, 1.82) is 0 Å². The lowest BCUT2D eigenvalue weighted by atomic mass is 10.2. The Morgan fingerprint density at radius 2 is 2.00 bits per heavy atom. The zero-order valence-corrected chi connectivity index (χ0v) is 18.4. The number of carbonyl (C=O) groups is 2. The quantitative estimate of drug-likeness (QED) is 0.644. The summed E-state index contributed by atoms with van der Waals surface area (Å²) in [6.45, 7) is 2.18. The summed E-state index contributed by atoms with van der Waals surface area (Å²) in [6, 6.07) is 12.0. The molecule has 2 aromatic carbocycles. The van der Waals surface area contributed by atoms with Crippen LogP contribution in [0.3, 0.4) is 0 Å². The van der Waals surface area contributed by atoms with Crippen molar-refractivity contribution in [2.45, 2.75) is 41.4 Å². The number of carbonyl (C=O) groups excluding carboxylic acids is 2. The lowest BCUT2D eigenvalue weighted by molar-refractivity contribution is -0.121. The van der Waals surface area contributed by atoms with E-state index in [0.29, 0.717) is 17.9 Å². The number of benzene rings is 2. The average Bonchev–Trinajstić information content (AvgIpc) is 2.75. The van der Waals surface area contributed by atoms with Gasteiger partial charge in [-0.15, -0.1) is 11.8 Å². The van der Waals surface area contributed by atoms with E-state index < -0.39 is 9.84 Å². The van der Waals surface area contributed by atoms with E-state index in [2.05, 4.69) is 10.6 Å². The Morgan fingerprint density at radius 1 is 1.23 bits per heavy atom. The summed E-state index contributed by atoms with van der Waals surface area (Å²) in [5, 5.41) is 5.32. The van der Waals surface area contributed by atoms with Gasteiger partial charge in [0.2, 0.25) is 11.8 Å². The number of amides is 2. The predicted molar refractivity (Wildman–Crippen MR) is 117 cm³/mol. The van der Waals surface area contributed by atoms with E-state index in [4.69, 9.17) is 4.74 Å². The van der Waals surface area contributed by atoms with E-state index >= 15 is 0 Å². The number of thioether (sulfide) groups is 1. The second kappa shape index (κ2) is 9.53. The normalized spacial score (nSPS) is 15.8. The highest BCUT2D eigenvalue weighted by Crippen LogP contribution is 2.38. The van der Waals surface area contributed by atoms with Crippen LogP contribution in [0.4, 0.5) is 5.69 Å². The van der Waals surface area contributed by atoms with E-state index in [-0.39, 0.29) is 40.7 Å². The van der Waals surface area contributed by atoms with Crippen molar-refractivity contribution >= 4 is 39.1 Å². The Bertz CT molecular complexity index is 1050. The van der Waals surface area contributed by atoms with E-state index in [9.17, 15) is 18.0 Å². The lowest BCUT2D eigenvalue weighted by Gasteiger charge is -2.23. The van der Waals surface area contributed by atoms with Gasteiger partial charge in [-0.3, -0.25) is 9.59 Å². The summed E-state index contributed by atoms with van der Waals surface area (Å²) in [6.07, 6.45) is 0.535. The number of para-hydroxylation sites is 1. The molecule has 0 radical (unpaired) electrons. The van der Waals surface area contributed by atoms with Crippen molar-refractivity contribution in [1.82, 2.24) is 5.32 Å². The number of hydrogen-bond acceptors (Lipinski definition) is 6. The van der Waals surface area contributed by atoms with Gasteiger partial charge in [0.15, 0.2) is 9.84 Å². The molecular weight excluding hydrogens is 424 g/mol. The number of sulfone groups is 1. The van der Waals surface area contributed by atoms with Gasteiger partial charge in [-0.25, -0.2) is 8.42 Å². The van der Waals surface area contributed by atoms with Crippen molar-refractivity contribution in [3.63, 3.8) is 0 Å². The third-order valence-electron chi connectivity index (χ3n) is 4.77. The standard InChI is InChI=1S/C21H24N2O5S2/c1-3-18-21(25)23-16-12-15(8-9-19(16)29-18)30(26,27)11-10-20(24)22-13-14-6-4-5-7-17(14)28-2/h4-9,12,18H,3,10-11,13H2,1-2H3,(H,22,24)(H,23,25)/t18-/m0/s1. The summed E-state index contributed by atoms with van der Waals surface area (Å²) in [4.78, 5) is 25.2. The van der Waals surface area contributed by atoms with Crippen LogP contribution in [0.15, 0.2) is 52.3 Å². The fourth-order valence-electron chi connectivity index (χ4n) is 3.07. The molecule has 1 aliphatic rings. The molecule has 1 aliphatic heterocycles. The van der Waals surface area contributed by atoms with Crippen LogP contribution < -0.4 is 15.4 Å². The predicted octanol–water partition coefficient (Wildman–Crippen LogP) is 3.00. The number of fused-ring (bicyclic) bond motifs is 1. The van der Waals surface area contributed by atoms with E-state index in [1.807, 2.05) is 25.1 Å². The molecule has 7 nitrogen and oxygen atoms in total. The summed E-state index contributed by atoms with van der Waals surface area (Å²) in [5.41, 5.74) is 1.31. The van der Waals surface area contributed by atoms with Crippen molar-refractivity contribution in [3.05, 3.63) is 48.0 Å². The molecule has 0 saturated carbocycles. The van der Waals surface area contributed by atoms with Gasteiger partial charge < -0.3 is 15.4 Å². The second-order valence-corrected chi connectivity index (χ2v) is 10.2. The van der Waals surface area contributed by atoms with Crippen LogP contribution in [-0.4, -0.2) is 38.3 Å². The molecule has 1 heterocycles. The monoisotopic (exact) mass is 448 g/mol. The number of ether oxygens (including phenoxy) is 1. The van der Waals surface area contributed by atoms with Gasteiger partial charge in [0, 0.05) is 23.4 Å². The molecule has 0 saturated heterocycles. The summed E-state index contributed by atoms with van der Waals surface area (Å²) >= 11 is 1.43. The highest BCUT2D eigenvalue weighted by molar-refractivity contribution is 8.01. The first-order valence-electron chi connectivity index (χ1n) is 9.57. The molecule has 3 rings (SSSR count). The first kappa shape index (κ1) is 22.2. The Balaban J connectivity index is 1.61. The first-order chi connectivity index (χ1) is 14.3. The minimum absolute atomic E-state index is 0.0922. The zero-order chi connectivity index (χ0) is 21.7. The minimum Gasteiger partial charge on any atom is -0.496 e. The molecule has 1 atom stereocenters. The molecule has 2 N–H and O–H groups in total. The molecule has 0 bridgehead atoms. The molecular formula is C21H24N2O5S2. The van der Waals surface area contributed by atoms with E-state index in [1.165, 1.54) is 23.9 Å². The first-order valence-corrected chi connectivity index (χ1v) is 12.1. The molecule has 0 fully saturated rings. The fraction of sp³-hybridized carbons (Fsp3) is 0.333. The number of hydrogen-bond donors (Lipinski definition) is 2. The molecule has 30 heavy (non-hydrogen) atoms. The topological polar surface area (TPSA) is 102 Å². The maximum absolute atomic E-state index is 12.7. The van der Waals surface area contributed by atoms with Gasteiger partial charge >= 0.3 is 0 Å².